The molecule has 6 heteroatoms. The Labute approximate surface area is 119 Å². The maximum Gasteiger partial charge on any atom is 0.365 e. The summed E-state index contributed by atoms with van der Waals surface area (Å²) in [7, 11) is 0. The Hall–Kier alpha value is -2.47. The Morgan fingerprint density at radius 2 is 2.05 bits per heavy atom. The fraction of sp³-hybridized carbons (Fsp3) is 0.0714. The van der Waals surface area contributed by atoms with E-state index in [4.69, 9.17) is 5.11 Å². The smallest absolute Gasteiger partial charge is 0.365 e. The predicted molar refractivity (Wildman–Crippen MR) is 75.8 cm³/mol. The summed E-state index contributed by atoms with van der Waals surface area (Å²) in [6.07, 6.45) is 3.72. The van der Waals surface area contributed by atoms with Gasteiger partial charge in [-0.05, 0) is 5.56 Å². The molecule has 0 radical (unpaired) electrons. The van der Waals surface area contributed by atoms with E-state index >= 15 is 0 Å². The van der Waals surface area contributed by atoms with E-state index in [1.807, 2.05) is 36.5 Å². The number of carboxylic acids is 1. The predicted octanol–water partition coefficient (Wildman–Crippen LogP) is 2.75. The molecule has 0 bridgehead atoms. The van der Waals surface area contributed by atoms with E-state index in [-0.39, 0.29) is 5.01 Å². The molecule has 0 atom stereocenters. The van der Waals surface area contributed by atoms with Crippen LogP contribution in [0.3, 0.4) is 0 Å². The van der Waals surface area contributed by atoms with Gasteiger partial charge in [-0.3, -0.25) is 4.68 Å². The first kappa shape index (κ1) is 12.6. The molecule has 100 valence electrons. The van der Waals surface area contributed by atoms with Crippen LogP contribution in [0.2, 0.25) is 0 Å². The number of carbonyl (C=O) groups is 1. The zero-order valence-corrected chi connectivity index (χ0v) is 11.2. The van der Waals surface area contributed by atoms with Gasteiger partial charge in [-0.2, -0.15) is 5.10 Å². The van der Waals surface area contributed by atoms with E-state index in [0.29, 0.717) is 12.2 Å². The first-order chi connectivity index (χ1) is 9.72. The third kappa shape index (κ3) is 2.60. The highest BCUT2D eigenvalue weighted by molar-refractivity contribution is 7.11. The molecule has 3 rings (SSSR count). The summed E-state index contributed by atoms with van der Waals surface area (Å²) in [5, 5.41) is 15.0. The van der Waals surface area contributed by atoms with Gasteiger partial charge in [-0.25, -0.2) is 9.78 Å². The van der Waals surface area contributed by atoms with Crippen molar-refractivity contribution in [3.05, 3.63) is 58.8 Å². The maximum absolute atomic E-state index is 10.8. The van der Waals surface area contributed by atoms with Crippen molar-refractivity contribution >= 4 is 17.3 Å². The summed E-state index contributed by atoms with van der Waals surface area (Å²) in [5.74, 6) is -0.994. The van der Waals surface area contributed by atoms with Crippen molar-refractivity contribution < 1.29 is 9.90 Å². The van der Waals surface area contributed by atoms with Gasteiger partial charge in [0, 0.05) is 17.1 Å². The average molecular weight is 285 g/mol. The molecule has 0 aliphatic rings. The summed E-state index contributed by atoms with van der Waals surface area (Å²) < 4.78 is 1.75. The summed E-state index contributed by atoms with van der Waals surface area (Å²) >= 11 is 1.13. The van der Waals surface area contributed by atoms with E-state index in [2.05, 4.69) is 10.1 Å². The van der Waals surface area contributed by atoms with Crippen LogP contribution in [-0.4, -0.2) is 25.8 Å². The lowest BCUT2D eigenvalue weighted by atomic mass is 10.1. The fourth-order valence-corrected chi connectivity index (χ4v) is 2.52. The molecular weight excluding hydrogens is 274 g/mol. The van der Waals surface area contributed by atoms with E-state index in [1.54, 1.807) is 16.3 Å². The molecule has 0 saturated carbocycles. The Morgan fingerprint density at radius 3 is 2.75 bits per heavy atom. The zero-order valence-electron chi connectivity index (χ0n) is 10.4. The van der Waals surface area contributed by atoms with E-state index in [0.717, 1.165) is 22.5 Å². The van der Waals surface area contributed by atoms with Gasteiger partial charge < -0.3 is 5.11 Å². The van der Waals surface area contributed by atoms with Crippen LogP contribution in [0.4, 0.5) is 0 Å². The normalized spacial score (nSPS) is 10.6. The molecule has 0 aliphatic carbocycles. The Kier molecular flexibility index (Phi) is 3.30. The summed E-state index contributed by atoms with van der Waals surface area (Å²) in [4.78, 5) is 14.8. The van der Waals surface area contributed by atoms with Gasteiger partial charge >= 0.3 is 5.97 Å². The molecule has 0 saturated heterocycles. The average Bonchev–Trinajstić information content (AvgIpc) is 3.10. The summed E-state index contributed by atoms with van der Waals surface area (Å²) in [6, 6.07) is 9.97. The van der Waals surface area contributed by atoms with Crippen LogP contribution in [0.1, 0.15) is 15.5 Å². The zero-order chi connectivity index (χ0) is 13.9. The quantitative estimate of drug-likeness (QED) is 0.800. The molecule has 3 aromatic rings. The van der Waals surface area contributed by atoms with Gasteiger partial charge in [0.1, 0.15) is 0 Å². The molecule has 0 aliphatic heterocycles. The van der Waals surface area contributed by atoms with Crippen molar-refractivity contribution in [2.24, 2.45) is 0 Å². The SMILES string of the molecule is O=C(O)c1nc(Cn2cc(-c3ccccc3)cn2)cs1. The second-order valence-corrected chi connectivity index (χ2v) is 5.10. The van der Waals surface area contributed by atoms with Crippen molar-refractivity contribution in [1.82, 2.24) is 14.8 Å². The summed E-state index contributed by atoms with van der Waals surface area (Å²) in [5.41, 5.74) is 2.83. The summed E-state index contributed by atoms with van der Waals surface area (Å²) in [6.45, 7) is 0.469. The number of nitrogens with zero attached hydrogens (tertiary/aromatic N) is 3. The molecule has 1 N–H and O–H groups in total. The van der Waals surface area contributed by atoms with E-state index in [1.165, 1.54) is 0 Å². The Morgan fingerprint density at radius 1 is 1.25 bits per heavy atom. The minimum Gasteiger partial charge on any atom is -0.476 e. The van der Waals surface area contributed by atoms with E-state index < -0.39 is 5.97 Å². The molecule has 2 aromatic heterocycles. The van der Waals surface area contributed by atoms with Gasteiger partial charge in [0.2, 0.25) is 5.01 Å². The lowest BCUT2D eigenvalue weighted by Crippen LogP contribution is -2.01. The first-order valence-corrected chi connectivity index (χ1v) is 6.86. The highest BCUT2D eigenvalue weighted by Gasteiger charge is 2.09. The van der Waals surface area contributed by atoms with Gasteiger partial charge in [0.05, 0.1) is 18.4 Å². The Balaban J connectivity index is 1.78. The van der Waals surface area contributed by atoms with Crippen molar-refractivity contribution in [1.29, 1.82) is 0 Å². The van der Waals surface area contributed by atoms with Crippen LogP contribution < -0.4 is 0 Å². The number of hydrogen-bond donors (Lipinski definition) is 1. The van der Waals surface area contributed by atoms with Crippen molar-refractivity contribution in [3.63, 3.8) is 0 Å². The number of carboxylic acid groups (broad SMARTS) is 1. The van der Waals surface area contributed by atoms with Gasteiger partial charge in [-0.15, -0.1) is 11.3 Å². The standard InChI is InChI=1S/C14H11N3O2S/c18-14(19)13-16-12(9-20-13)8-17-7-11(6-15-17)10-4-2-1-3-5-10/h1-7,9H,8H2,(H,18,19). The molecular formula is C14H11N3O2S. The number of rotatable bonds is 4. The fourth-order valence-electron chi connectivity index (χ4n) is 1.87. The van der Waals surface area contributed by atoms with Crippen LogP contribution >= 0.6 is 11.3 Å². The van der Waals surface area contributed by atoms with Crippen LogP contribution in [0.15, 0.2) is 48.1 Å². The topological polar surface area (TPSA) is 68.0 Å². The van der Waals surface area contributed by atoms with Gasteiger partial charge in [0.25, 0.3) is 0 Å². The Bertz CT molecular complexity index is 734. The van der Waals surface area contributed by atoms with Crippen molar-refractivity contribution in [3.8, 4) is 11.1 Å². The molecule has 20 heavy (non-hydrogen) atoms. The number of thiazole rings is 1. The minimum absolute atomic E-state index is 0.107. The number of aromatic carboxylic acids is 1. The van der Waals surface area contributed by atoms with Crippen LogP contribution in [0.5, 0.6) is 0 Å². The lowest BCUT2D eigenvalue weighted by molar-refractivity contribution is 0.0696. The third-order valence-electron chi connectivity index (χ3n) is 2.80. The first-order valence-electron chi connectivity index (χ1n) is 5.98. The molecule has 0 spiro atoms. The van der Waals surface area contributed by atoms with Crippen molar-refractivity contribution in [2.75, 3.05) is 0 Å². The number of hydrogen-bond acceptors (Lipinski definition) is 4. The van der Waals surface area contributed by atoms with Crippen molar-refractivity contribution in [2.45, 2.75) is 6.54 Å². The number of aromatic nitrogens is 3. The lowest BCUT2D eigenvalue weighted by Gasteiger charge is -1.97. The largest absolute Gasteiger partial charge is 0.476 e. The second-order valence-electron chi connectivity index (χ2n) is 4.24. The highest BCUT2D eigenvalue weighted by Crippen LogP contribution is 2.18. The molecule has 1 aromatic carbocycles. The second kappa shape index (κ2) is 5.26. The molecule has 0 amide bonds. The third-order valence-corrected chi connectivity index (χ3v) is 3.68. The van der Waals surface area contributed by atoms with Crippen LogP contribution in [-0.2, 0) is 6.54 Å². The van der Waals surface area contributed by atoms with Gasteiger partial charge in [0.15, 0.2) is 0 Å². The maximum atomic E-state index is 10.8. The monoisotopic (exact) mass is 285 g/mol. The highest BCUT2D eigenvalue weighted by atomic mass is 32.1. The molecule has 0 unspecified atom stereocenters. The molecule has 2 heterocycles. The number of benzene rings is 1. The molecule has 5 nitrogen and oxygen atoms in total. The minimum atomic E-state index is -0.994. The molecule has 0 fully saturated rings. The van der Waals surface area contributed by atoms with Crippen LogP contribution in [0.25, 0.3) is 11.1 Å². The van der Waals surface area contributed by atoms with Crippen LogP contribution in [0, 0.1) is 0 Å². The van der Waals surface area contributed by atoms with Gasteiger partial charge in [-0.1, -0.05) is 30.3 Å². The van der Waals surface area contributed by atoms with E-state index in [9.17, 15) is 4.79 Å².